The van der Waals surface area contributed by atoms with Crippen molar-refractivity contribution in [2.75, 3.05) is 10.6 Å². The van der Waals surface area contributed by atoms with E-state index in [-0.39, 0.29) is 29.1 Å². The van der Waals surface area contributed by atoms with Crippen molar-refractivity contribution in [2.45, 2.75) is 39.0 Å². The number of nitrogens with zero attached hydrogens (tertiary/aromatic N) is 3. The molecule has 7 nitrogen and oxygen atoms in total. The molecule has 0 spiro atoms. The first-order valence-electron chi connectivity index (χ1n) is 7.37. The van der Waals surface area contributed by atoms with E-state index in [1.54, 1.807) is 0 Å². The second kappa shape index (κ2) is 5.15. The highest BCUT2D eigenvalue weighted by Gasteiger charge is 2.48. The molecule has 2 N–H and O–H groups in total. The van der Waals surface area contributed by atoms with Crippen molar-refractivity contribution in [2.24, 2.45) is 11.8 Å². The number of rotatable bonds is 3. The van der Waals surface area contributed by atoms with E-state index in [9.17, 15) is 9.59 Å². The van der Waals surface area contributed by atoms with Gasteiger partial charge in [0, 0.05) is 19.3 Å². The first kappa shape index (κ1) is 14.6. The minimum atomic E-state index is -0.260. The average molecular weight is 301 g/mol. The van der Waals surface area contributed by atoms with Crippen LogP contribution in [0.1, 0.15) is 39.4 Å². The van der Waals surface area contributed by atoms with Crippen LogP contribution in [0.4, 0.5) is 11.9 Å². The van der Waals surface area contributed by atoms with Crippen LogP contribution in [0.2, 0.25) is 0 Å². The zero-order valence-electron chi connectivity index (χ0n) is 12.9. The van der Waals surface area contributed by atoms with Gasteiger partial charge in [-0.25, -0.2) is 0 Å². The Kier molecular flexibility index (Phi) is 3.42. The molecule has 0 radical (unpaired) electrons. The Hall–Kier alpha value is -2.31. The maximum absolute atomic E-state index is 11.3. The Morgan fingerprint density at radius 3 is 2.09 bits per heavy atom. The Morgan fingerprint density at radius 2 is 1.68 bits per heavy atom. The summed E-state index contributed by atoms with van der Waals surface area (Å²) in [6, 6.07) is 0. The fraction of sp³-hybridized carbons (Fsp3) is 0.533. The van der Waals surface area contributed by atoms with Gasteiger partial charge in [-0.2, -0.15) is 15.0 Å². The normalized spacial score (nSPS) is 28.7. The molecule has 116 valence electrons. The number of aromatic nitrogens is 3. The Balaban J connectivity index is 2.00. The highest BCUT2D eigenvalue weighted by Crippen LogP contribution is 2.52. The van der Waals surface area contributed by atoms with Crippen LogP contribution in [-0.4, -0.2) is 26.8 Å². The number of anilines is 2. The van der Waals surface area contributed by atoms with Crippen molar-refractivity contribution in [3.8, 4) is 0 Å². The van der Waals surface area contributed by atoms with Gasteiger partial charge in [-0.05, 0) is 24.7 Å². The number of allylic oxidation sites excluding steroid dienone is 2. The van der Waals surface area contributed by atoms with Gasteiger partial charge in [0.05, 0.1) is 0 Å². The molecule has 1 fully saturated rings. The molecule has 1 aromatic rings. The smallest absolute Gasteiger partial charge is 0.234 e. The predicted molar refractivity (Wildman–Crippen MR) is 81.1 cm³/mol. The molecule has 22 heavy (non-hydrogen) atoms. The number of fused-ring (bicyclic) bond motifs is 2. The molecule has 2 amide bonds. The molecule has 2 aliphatic carbocycles. The maximum atomic E-state index is 11.3. The van der Waals surface area contributed by atoms with Gasteiger partial charge in [0.1, 0.15) is 5.82 Å². The first-order chi connectivity index (χ1) is 10.4. The van der Waals surface area contributed by atoms with Crippen molar-refractivity contribution in [1.82, 2.24) is 15.0 Å². The van der Waals surface area contributed by atoms with Crippen molar-refractivity contribution in [3.05, 3.63) is 18.0 Å². The quantitative estimate of drug-likeness (QED) is 0.827. The van der Waals surface area contributed by atoms with Gasteiger partial charge in [-0.15, -0.1) is 0 Å². The maximum Gasteiger partial charge on any atom is 0.234 e. The highest BCUT2D eigenvalue weighted by atomic mass is 16.2. The standard InChI is InChI=1S/C15H19N5O2/c1-8(21)16-13-18-12(19-14(20-13)17-9(2)22)15(3)7-10-4-5-11(15)6-10/h4-5,10-11H,6-7H2,1-3H3,(H2,16,17,18,19,20,21,22). The van der Waals surface area contributed by atoms with E-state index in [1.165, 1.54) is 13.8 Å². The molecule has 7 heteroatoms. The molecule has 3 atom stereocenters. The summed E-state index contributed by atoms with van der Waals surface area (Å²) >= 11 is 0. The van der Waals surface area contributed by atoms with Gasteiger partial charge in [0.25, 0.3) is 0 Å². The van der Waals surface area contributed by atoms with E-state index in [2.05, 4.69) is 44.7 Å². The molecule has 3 rings (SSSR count). The molecule has 1 heterocycles. The predicted octanol–water partition coefficient (Wildman–Crippen LogP) is 1.64. The number of amides is 2. The van der Waals surface area contributed by atoms with E-state index >= 15 is 0 Å². The molecule has 3 unspecified atom stereocenters. The molecule has 1 saturated carbocycles. The number of hydrogen-bond donors (Lipinski definition) is 2. The molecule has 1 aromatic heterocycles. The van der Waals surface area contributed by atoms with E-state index in [4.69, 9.17) is 0 Å². The number of hydrogen-bond acceptors (Lipinski definition) is 5. The second-order valence-corrected chi connectivity index (χ2v) is 6.28. The van der Waals surface area contributed by atoms with Gasteiger partial charge < -0.3 is 0 Å². The molecular weight excluding hydrogens is 282 g/mol. The third kappa shape index (κ3) is 2.58. The van der Waals surface area contributed by atoms with Gasteiger partial charge in [-0.3, -0.25) is 20.2 Å². The lowest BCUT2D eigenvalue weighted by atomic mass is 9.77. The molecular formula is C15H19N5O2. The van der Waals surface area contributed by atoms with Crippen molar-refractivity contribution < 1.29 is 9.59 Å². The van der Waals surface area contributed by atoms with Crippen LogP contribution in [0.15, 0.2) is 12.2 Å². The Morgan fingerprint density at radius 1 is 1.09 bits per heavy atom. The molecule has 0 aromatic carbocycles. The van der Waals surface area contributed by atoms with Crippen LogP contribution in [-0.2, 0) is 15.0 Å². The molecule has 0 aliphatic heterocycles. The summed E-state index contributed by atoms with van der Waals surface area (Å²) in [5, 5.41) is 5.15. The van der Waals surface area contributed by atoms with Crippen molar-refractivity contribution >= 4 is 23.7 Å². The van der Waals surface area contributed by atoms with Crippen LogP contribution in [0.5, 0.6) is 0 Å². The van der Waals surface area contributed by atoms with Crippen molar-refractivity contribution in [3.63, 3.8) is 0 Å². The van der Waals surface area contributed by atoms with E-state index < -0.39 is 0 Å². The van der Waals surface area contributed by atoms with Crippen LogP contribution >= 0.6 is 0 Å². The fourth-order valence-corrected chi connectivity index (χ4v) is 3.41. The number of nitrogens with one attached hydrogen (secondary N) is 2. The minimum Gasteiger partial charge on any atom is -0.295 e. The van der Waals surface area contributed by atoms with Crippen LogP contribution in [0.25, 0.3) is 0 Å². The van der Waals surface area contributed by atoms with Gasteiger partial charge >= 0.3 is 0 Å². The minimum absolute atomic E-state index is 0.175. The largest absolute Gasteiger partial charge is 0.295 e. The SMILES string of the molecule is CC(=O)Nc1nc(NC(C)=O)nc(C2(C)CC3C=CC2C3)n1. The van der Waals surface area contributed by atoms with Gasteiger partial charge in [-0.1, -0.05) is 19.1 Å². The third-order valence-corrected chi connectivity index (χ3v) is 4.40. The lowest BCUT2D eigenvalue weighted by Crippen LogP contribution is -2.31. The second-order valence-electron chi connectivity index (χ2n) is 6.28. The summed E-state index contributed by atoms with van der Waals surface area (Å²) in [6.07, 6.45) is 6.54. The summed E-state index contributed by atoms with van der Waals surface area (Å²) in [5.74, 6) is 1.39. The summed E-state index contributed by atoms with van der Waals surface area (Å²) in [7, 11) is 0. The Bertz CT molecular complexity index is 638. The number of carbonyl (C=O) groups is 2. The topological polar surface area (TPSA) is 96.9 Å². The summed E-state index contributed by atoms with van der Waals surface area (Å²) < 4.78 is 0. The fourth-order valence-electron chi connectivity index (χ4n) is 3.41. The molecule has 2 aliphatic rings. The van der Waals surface area contributed by atoms with Gasteiger partial charge in [0.15, 0.2) is 0 Å². The van der Waals surface area contributed by atoms with E-state index in [0.29, 0.717) is 17.7 Å². The zero-order chi connectivity index (χ0) is 15.9. The van der Waals surface area contributed by atoms with Crippen LogP contribution < -0.4 is 10.6 Å². The molecule has 2 bridgehead atoms. The van der Waals surface area contributed by atoms with Crippen LogP contribution in [0.3, 0.4) is 0 Å². The van der Waals surface area contributed by atoms with E-state index in [0.717, 1.165) is 12.8 Å². The highest BCUT2D eigenvalue weighted by molar-refractivity contribution is 5.88. The average Bonchev–Trinajstić information content (AvgIpc) is 2.97. The van der Waals surface area contributed by atoms with Gasteiger partial charge in [0.2, 0.25) is 23.7 Å². The summed E-state index contributed by atoms with van der Waals surface area (Å²) in [4.78, 5) is 35.5. The summed E-state index contributed by atoms with van der Waals surface area (Å²) in [6.45, 7) is 4.92. The number of carbonyl (C=O) groups excluding carboxylic acids is 2. The Labute approximate surface area is 128 Å². The first-order valence-corrected chi connectivity index (χ1v) is 7.37. The van der Waals surface area contributed by atoms with Crippen molar-refractivity contribution in [1.29, 1.82) is 0 Å². The third-order valence-electron chi connectivity index (χ3n) is 4.40. The lowest BCUT2D eigenvalue weighted by Gasteiger charge is -2.30. The zero-order valence-corrected chi connectivity index (χ0v) is 12.9. The lowest BCUT2D eigenvalue weighted by molar-refractivity contribution is -0.115. The monoisotopic (exact) mass is 301 g/mol. The van der Waals surface area contributed by atoms with E-state index in [1.807, 2.05) is 0 Å². The molecule has 0 saturated heterocycles. The summed E-state index contributed by atoms with van der Waals surface area (Å²) in [5.41, 5.74) is -0.192. The van der Waals surface area contributed by atoms with Crippen LogP contribution in [0, 0.1) is 11.8 Å².